The number of hydrogen-bond donors (Lipinski definition) is 2. The topological polar surface area (TPSA) is 97.7 Å². The molecular formula is C20H16N6OS. The fourth-order valence-electron chi connectivity index (χ4n) is 2.84. The summed E-state index contributed by atoms with van der Waals surface area (Å²) in [7, 11) is 0. The second-order valence-electron chi connectivity index (χ2n) is 6.02. The van der Waals surface area contributed by atoms with Crippen LogP contribution in [-0.4, -0.2) is 27.5 Å². The molecule has 0 aliphatic rings. The van der Waals surface area contributed by atoms with Crippen molar-refractivity contribution in [3.63, 3.8) is 0 Å². The average Bonchev–Trinajstić information content (AvgIpc) is 3.38. The van der Waals surface area contributed by atoms with Crippen LogP contribution >= 0.6 is 11.3 Å². The van der Waals surface area contributed by atoms with Crippen LogP contribution in [0.4, 0.5) is 16.2 Å². The van der Waals surface area contributed by atoms with Crippen LogP contribution in [0.5, 0.6) is 0 Å². The van der Waals surface area contributed by atoms with Crippen molar-refractivity contribution in [1.29, 1.82) is 5.26 Å². The molecule has 0 saturated carbocycles. The lowest BCUT2D eigenvalue weighted by Crippen LogP contribution is -2.35. The van der Waals surface area contributed by atoms with Crippen molar-refractivity contribution < 1.29 is 4.79 Å². The molecule has 0 saturated heterocycles. The summed E-state index contributed by atoms with van der Waals surface area (Å²) in [6.45, 7) is 0.310. The number of nitrogens with one attached hydrogen (secondary N) is 2. The second-order valence-corrected chi connectivity index (χ2v) is 6.74. The van der Waals surface area contributed by atoms with Gasteiger partial charge in [-0.05, 0) is 30.3 Å². The first kappa shape index (κ1) is 17.7. The number of aromatic amines is 1. The number of hydrogen-bond acceptors (Lipinski definition) is 5. The van der Waals surface area contributed by atoms with Gasteiger partial charge in [-0.3, -0.25) is 4.90 Å². The molecule has 0 spiro atoms. The van der Waals surface area contributed by atoms with Crippen molar-refractivity contribution >= 4 is 39.8 Å². The number of benzene rings is 2. The predicted octanol–water partition coefficient (Wildman–Crippen LogP) is 4.64. The summed E-state index contributed by atoms with van der Waals surface area (Å²) >= 11 is 1.51. The number of carbonyl (C=O) groups is 1. The van der Waals surface area contributed by atoms with Crippen molar-refractivity contribution in [1.82, 2.24) is 15.0 Å². The monoisotopic (exact) mass is 388 g/mol. The van der Waals surface area contributed by atoms with Gasteiger partial charge in [-0.2, -0.15) is 5.26 Å². The Hall–Kier alpha value is -3.70. The zero-order chi connectivity index (χ0) is 19.3. The van der Waals surface area contributed by atoms with Crippen LogP contribution in [0.1, 0.15) is 6.42 Å². The van der Waals surface area contributed by atoms with Crippen LogP contribution in [0.15, 0.2) is 59.4 Å². The highest BCUT2D eigenvalue weighted by Gasteiger charge is 2.16. The largest absolute Gasteiger partial charge is 0.337 e. The number of thiazole rings is 1. The molecule has 2 heterocycles. The highest BCUT2D eigenvalue weighted by Crippen LogP contribution is 2.23. The first-order valence-electron chi connectivity index (χ1n) is 8.63. The smallest absolute Gasteiger partial charge is 0.326 e. The Morgan fingerprint density at radius 2 is 2.11 bits per heavy atom. The molecule has 4 rings (SSSR count). The maximum atomic E-state index is 12.8. The first-order chi connectivity index (χ1) is 13.7. The minimum absolute atomic E-state index is 0.248. The molecule has 2 N–H and O–H groups in total. The van der Waals surface area contributed by atoms with Gasteiger partial charge in [-0.15, -0.1) is 11.3 Å². The number of fused-ring (bicyclic) bond motifs is 1. The van der Waals surface area contributed by atoms with Gasteiger partial charge in [0.05, 0.1) is 29.0 Å². The number of amides is 2. The van der Waals surface area contributed by atoms with E-state index in [0.717, 1.165) is 22.4 Å². The zero-order valence-electron chi connectivity index (χ0n) is 14.8. The molecule has 28 heavy (non-hydrogen) atoms. The normalized spacial score (nSPS) is 10.5. The average molecular weight is 388 g/mol. The van der Waals surface area contributed by atoms with Crippen LogP contribution in [-0.2, 0) is 0 Å². The Balaban J connectivity index is 1.57. The van der Waals surface area contributed by atoms with E-state index in [2.05, 4.69) is 26.3 Å². The van der Waals surface area contributed by atoms with E-state index in [1.165, 1.54) is 11.3 Å². The fourth-order valence-corrected chi connectivity index (χ4v) is 3.38. The molecule has 0 unspecified atom stereocenters. The van der Waals surface area contributed by atoms with E-state index < -0.39 is 0 Å². The summed E-state index contributed by atoms with van der Waals surface area (Å²) in [5.74, 6) is 0.694. The highest BCUT2D eigenvalue weighted by atomic mass is 32.1. The fraction of sp³-hybridized carbons (Fsp3) is 0.100. The maximum Gasteiger partial charge on any atom is 0.326 e. The molecule has 2 amide bonds. The van der Waals surface area contributed by atoms with Crippen LogP contribution in [0.3, 0.4) is 0 Å². The molecule has 0 fully saturated rings. The summed E-state index contributed by atoms with van der Waals surface area (Å²) in [5, 5.41) is 13.7. The Morgan fingerprint density at radius 1 is 1.25 bits per heavy atom. The third kappa shape index (κ3) is 3.70. The number of anilines is 2. The van der Waals surface area contributed by atoms with Crippen LogP contribution < -0.4 is 10.2 Å². The summed E-state index contributed by atoms with van der Waals surface area (Å²) in [6.07, 6.45) is 0.248. The van der Waals surface area contributed by atoms with E-state index in [0.29, 0.717) is 18.1 Å². The number of nitriles is 1. The molecule has 7 nitrogen and oxygen atoms in total. The summed E-state index contributed by atoms with van der Waals surface area (Å²) in [5.41, 5.74) is 5.52. The number of carbonyl (C=O) groups excluding carboxylic acids is 1. The van der Waals surface area contributed by atoms with Gasteiger partial charge < -0.3 is 10.3 Å². The summed E-state index contributed by atoms with van der Waals surface area (Å²) < 4.78 is 0. The standard InChI is InChI=1S/C20H16N6OS/c21-9-4-10-26(15-5-2-1-3-6-15)20(27)23-14-7-8-16-17(11-14)25-19(24-16)18-12-28-13-22-18/h1-3,5-8,11-13H,4,10H2,(H,23,27)(H,24,25). The van der Waals surface area contributed by atoms with Crippen LogP contribution in [0, 0.1) is 11.3 Å². The molecule has 138 valence electrons. The van der Waals surface area contributed by atoms with E-state index in [1.807, 2.05) is 53.9 Å². The van der Waals surface area contributed by atoms with Gasteiger partial charge in [0.15, 0.2) is 5.82 Å². The lowest BCUT2D eigenvalue weighted by molar-refractivity contribution is 0.257. The van der Waals surface area contributed by atoms with Gasteiger partial charge in [0.1, 0.15) is 5.69 Å². The van der Waals surface area contributed by atoms with Gasteiger partial charge in [0.2, 0.25) is 0 Å². The van der Waals surface area contributed by atoms with E-state index in [1.54, 1.807) is 10.4 Å². The molecule has 8 heteroatoms. The molecule has 0 aliphatic heterocycles. The van der Waals surface area contributed by atoms with Crippen molar-refractivity contribution in [2.45, 2.75) is 6.42 Å². The number of aromatic nitrogens is 3. The number of urea groups is 1. The number of imidazole rings is 1. The minimum atomic E-state index is -0.295. The minimum Gasteiger partial charge on any atom is -0.337 e. The molecule has 2 aromatic heterocycles. The van der Waals surface area contributed by atoms with Gasteiger partial charge in [0, 0.05) is 23.3 Å². The Bertz CT molecular complexity index is 1130. The number of nitrogens with zero attached hydrogens (tertiary/aromatic N) is 4. The quantitative estimate of drug-likeness (QED) is 0.520. The van der Waals surface area contributed by atoms with Gasteiger partial charge >= 0.3 is 6.03 Å². The van der Waals surface area contributed by atoms with Gasteiger partial charge in [-0.25, -0.2) is 14.8 Å². The third-order valence-electron chi connectivity index (χ3n) is 4.17. The molecule has 4 aromatic rings. The first-order valence-corrected chi connectivity index (χ1v) is 9.58. The number of para-hydroxylation sites is 1. The van der Waals surface area contributed by atoms with Gasteiger partial charge in [0.25, 0.3) is 0 Å². The molecular weight excluding hydrogens is 372 g/mol. The molecule has 0 aliphatic carbocycles. The maximum absolute atomic E-state index is 12.8. The lowest BCUT2D eigenvalue weighted by atomic mass is 10.2. The SMILES string of the molecule is N#CCCN(C(=O)Nc1ccc2[nH]c(-c3cscn3)nc2c1)c1ccccc1. The summed E-state index contributed by atoms with van der Waals surface area (Å²) in [4.78, 5) is 26.4. The lowest BCUT2D eigenvalue weighted by Gasteiger charge is -2.22. The van der Waals surface area contributed by atoms with Crippen LogP contribution in [0.2, 0.25) is 0 Å². The van der Waals surface area contributed by atoms with Crippen molar-refractivity contribution in [3.8, 4) is 17.6 Å². The highest BCUT2D eigenvalue weighted by molar-refractivity contribution is 7.07. The molecule has 2 aromatic carbocycles. The molecule has 0 radical (unpaired) electrons. The number of H-pyrrole nitrogens is 1. The van der Waals surface area contributed by atoms with Crippen molar-refractivity contribution in [2.24, 2.45) is 0 Å². The Kier molecular flexibility index (Phi) is 4.99. The zero-order valence-corrected chi connectivity index (χ0v) is 15.6. The van der Waals surface area contributed by atoms with Crippen molar-refractivity contribution in [2.75, 3.05) is 16.8 Å². The summed E-state index contributed by atoms with van der Waals surface area (Å²) in [6, 6.07) is 16.6. The van der Waals surface area contributed by atoms with E-state index in [-0.39, 0.29) is 12.5 Å². The van der Waals surface area contributed by atoms with E-state index in [4.69, 9.17) is 5.26 Å². The second kappa shape index (κ2) is 7.90. The van der Waals surface area contributed by atoms with E-state index >= 15 is 0 Å². The predicted molar refractivity (Wildman–Crippen MR) is 110 cm³/mol. The molecule has 0 atom stereocenters. The number of rotatable bonds is 5. The van der Waals surface area contributed by atoms with Gasteiger partial charge in [-0.1, -0.05) is 18.2 Å². The Labute approximate surface area is 165 Å². The third-order valence-corrected chi connectivity index (χ3v) is 4.76. The van der Waals surface area contributed by atoms with Crippen LogP contribution in [0.25, 0.3) is 22.6 Å². The van der Waals surface area contributed by atoms with Crippen molar-refractivity contribution in [3.05, 3.63) is 59.4 Å². The van der Waals surface area contributed by atoms with E-state index in [9.17, 15) is 4.79 Å². The molecule has 0 bridgehead atoms. The Morgan fingerprint density at radius 3 is 2.86 bits per heavy atom.